The summed E-state index contributed by atoms with van der Waals surface area (Å²) >= 11 is 5.84. The second-order valence-electron chi connectivity index (χ2n) is 4.27. The second-order valence-corrected chi connectivity index (χ2v) is 4.68. The number of hydrogen-bond acceptors (Lipinski definition) is 2. The van der Waals surface area contributed by atoms with Gasteiger partial charge >= 0.3 is 0 Å². The van der Waals surface area contributed by atoms with Gasteiger partial charge in [0.15, 0.2) is 0 Å². The largest absolute Gasteiger partial charge is 0.506 e. The molecule has 3 heteroatoms. The molecule has 0 saturated heterocycles. The normalized spacial score (nSPS) is 18.2. The maximum absolute atomic E-state index is 9.38. The molecular formula is C11H14ClNO. The Morgan fingerprint density at radius 1 is 1.50 bits per heavy atom. The molecular weight excluding hydrogens is 198 g/mol. The van der Waals surface area contributed by atoms with E-state index >= 15 is 0 Å². The van der Waals surface area contributed by atoms with Gasteiger partial charge in [-0.15, -0.1) is 0 Å². The summed E-state index contributed by atoms with van der Waals surface area (Å²) in [5.41, 5.74) is 8.23. The number of benzene rings is 1. The SMILES string of the molecule is Cc1cc(O)c(Cl)cc1CC1(N)CC1. The van der Waals surface area contributed by atoms with Crippen molar-refractivity contribution in [3.05, 3.63) is 28.3 Å². The predicted octanol–water partition coefficient (Wildman–Crippen LogP) is 2.39. The number of phenols is 1. The Bertz CT molecular complexity index is 372. The van der Waals surface area contributed by atoms with Crippen LogP contribution >= 0.6 is 11.6 Å². The lowest BCUT2D eigenvalue weighted by molar-refractivity contribution is 0.474. The summed E-state index contributed by atoms with van der Waals surface area (Å²) in [4.78, 5) is 0. The molecule has 0 aliphatic heterocycles. The first kappa shape index (κ1) is 9.81. The van der Waals surface area contributed by atoms with Crippen LogP contribution in [-0.2, 0) is 6.42 Å². The first-order valence-corrected chi connectivity index (χ1v) is 5.15. The highest BCUT2D eigenvalue weighted by Crippen LogP contribution is 2.37. The zero-order chi connectivity index (χ0) is 10.3. The predicted molar refractivity (Wildman–Crippen MR) is 57.7 cm³/mol. The Morgan fingerprint density at radius 2 is 2.14 bits per heavy atom. The van der Waals surface area contributed by atoms with Gasteiger partial charge in [-0.1, -0.05) is 11.6 Å². The molecule has 0 spiro atoms. The molecule has 2 rings (SSSR count). The third kappa shape index (κ3) is 1.86. The van der Waals surface area contributed by atoms with Crippen molar-refractivity contribution >= 4 is 11.6 Å². The number of phenolic OH excluding ortho intramolecular Hbond substituents is 1. The van der Waals surface area contributed by atoms with Crippen molar-refractivity contribution in [2.45, 2.75) is 31.7 Å². The summed E-state index contributed by atoms with van der Waals surface area (Å²) in [6.07, 6.45) is 3.04. The molecule has 0 bridgehead atoms. The van der Waals surface area contributed by atoms with Gasteiger partial charge in [0, 0.05) is 5.54 Å². The Balaban J connectivity index is 2.29. The summed E-state index contributed by atoms with van der Waals surface area (Å²) in [6.45, 7) is 1.97. The Labute approximate surface area is 88.7 Å². The smallest absolute Gasteiger partial charge is 0.134 e. The van der Waals surface area contributed by atoms with Gasteiger partial charge in [-0.2, -0.15) is 0 Å². The molecule has 1 saturated carbocycles. The van der Waals surface area contributed by atoms with E-state index in [1.54, 1.807) is 6.07 Å². The summed E-state index contributed by atoms with van der Waals surface area (Å²) in [7, 11) is 0. The van der Waals surface area contributed by atoms with E-state index in [1.807, 2.05) is 13.0 Å². The fraction of sp³-hybridized carbons (Fsp3) is 0.455. The van der Waals surface area contributed by atoms with Crippen LogP contribution in [0, 0.1) is 6.92 Å². The maximum atomic E-state index is 9.38. The van der Waals surface area contributed by atoms with E-state index in [1.165, 1.54) is 0 Å². The average Bonchev–Trinajstić information content (AvgIpc) is 2.80. The monoisotopic (exact) mass is 211 g/mol. The Hall–Kier alpha value is -0.730. The molecule has 0 aromatic heterocycles. The molecule has 0 heterocycles. The van der Waals surface area contributed by atoms with Crippen molar-refractivity contribution in [1.82, 2.24) is 0 Å². The van der Waals surface area contributed by atoms with Crippen molar-refractivity contribution in [3.63, 3.8) is 0 Å². The molecule has 0 radical (unpaired) electrons. The minimum Gasteiger partial charge on any atom is -0.506 e. The lowest BCUT2D eigenvalue weighted by Crippen LogP contribution is -2.24. The highest BCUT2D eigenvalue weighted by molar-refractivity contribution is 6.32. The summed E-state index contributed by atoms with van der Waals surface area (Å²) < 4.78 is 0. The van der Waals surface area contributed by atoms with Crippen LogP contribution in [0.25, 0.3) is 0 Å². The zero-order valence-corrected chi connectivity index (χ0v) is 8.93. The van der Waals surface area contributed by atoms with Gasteiger partial charge in [0.05, 0.1) is 5.02 Å². The van der Waals surface area contributed by atoms with Crippen LogP contribution in [0.5, 0.6) is 5.75 Å². The first-order chi connectivity index (χ1) is 6.50. The standard InChI is InChI=1S/C11H14ClNO/c1-7-4-10(14)9(12)5-8(7)6-11(13)2-3-11/h4-5,14H,2-3,6,13H2,1H3. The minimum absolute atomic E-state index is 0.00887. The molecule has 1 aromatic rings. The molecule has 0 atom stereocenters. The van der Waals surface area contributed by atoms with Crippen LogP contribution in [-0.4, -0.2) is 10.6 Å². The maximum Gasteiger partial charge on any atom is 0.134 e. The van der Waals surface area contributed by atoms with Gasteiger partial charge in [0.1, 0.15) is 5.75 Å². The number of aromatic hydroxyl groups is 1. The third-order valence-electron chi connectivity index (χ3n) is 2.84. The Morgan fingerprint density at radius 3 is 2.71 bits per heavy atom. The van der Waals surface area contributed by atoms with Crippen molar-refractivity contribution in [2.75, 3.05) is 0 Å². The molecule has 1 aromatic carbocycles. The summed E-state index contributed by atoms with van der Waals surface area (Å²) in [5.74, 6) is 0.148. The lowest BCUT2D eigenvalue weighted by Gasteiger charge is -2.12. The highest BCUT2D eigenvalue weighted by Gasteiger charge is 2.38. The van der Waals surface area contributed by atoms with Crippen molar-refractivity contribution in [2.24, 2.45) is 5.73 Å². The van der Waals surface area contributed by atoms with Crippen LogP contribution < -0.4 is 5.73 Å². The van der Waals surface area contributed by atoms with Gasteiger partial charge in [-0.25, -0.2) is 0 Å². The van der Waals surface area contributed by atoms with Gasteiger partial charge in [0.25, 0.3) is 0 Å². The lowest BCUT2D eigenvalue weighted by atomic mass is 10.00. The van der Waals surface area contributed by atoms with Crippen LogP contribution in [0.4, 0.5) is 0 Å². The number of nitrogens with two attached hydrogens (primary N) is 1. The third-order valence-corrected chi connectivity index (χ3v) is 3.14. The molecule has 1 aliphatic carbocycles. The van der Waals surface area contributed by atoms with Gasteiger partial charge in [-0.05, 0) is 49.4 Å². The molecule has 76 valence electrons. The molecule has 3 N–H and O–H groups in total. The van der Waals surface area contributed by atoms with Crippen LogP contribution in [0.1, 0.15) is 24.0 Å². The molecule has 1 aliphatic rings. The molecule has 0 unspecified atom stereocenters. The zero-order valence-electron chi connectivity index (χ0n) is 8.18. The summed E-state index contributed by atoms with van der Waals surface area (Å²) in [5, 5.41) is 9.79. The molecule has 0 amide bonds. The number of halogens is 1. The number of rotatable bonds is 2. The average molecular weight is 212 g/mol. The molecule has 14 heavy (non-hydrogen) atoms. The van der Waals surface area contributed by atoms with Gasteiger partial charge in [-0.3, -0.25) is 0 Å². The van der Waals surface area contributed by atoms with Crippen LogP contribution in [0.3, 0.4) is 0 Å². The fourth-order valence-corrected chi connectivity index (χ4v) is 1.80. The van der Waals surface area contributed by atoms with Crippen LogP contribution in [0.15, 0.2) is 12.1 Å². The molecule has 1 fully saturated rings. The molecule has 2 nitrogen and oxygen atoms in total. The number of hydrogen-bond donors (Lipinski definition) is 2. The van der Waals surface area contributed by atoms with E-state index < -0.39 is 0 Å². The van der Waals surface area contributed by atoms with E-state index in [4.69, 9.17) is 17.3 Å². The van der Waals surface area contributed by atoms with E-state index in [-0.39, 0.29) is 11.3 Å². The first-order valence-electron chi connectivity index (χ1n) is 4.77. The van der Waals surface area contributed by atoms with E-state index in [0.717, 1.165) is 30.4 Å². The minimum atomic E-state index is -0.00887. The quantitative estimate of drug-likeness (QED) is 0.789. The van der Waals surface area contributed by atoms with Crippen LogP contribution in [0.2, 0.25) is 5.02 Å². The number of aryl methyl sites for hydroxylation is 1. The van der Waals surface area contributed by atoms with Crippen molar-refractivity contribution in [3.8, 4) is 5.75 Å². The second kappa shape index (κ2) is 3.14. The van der Waals surface area contributed by atoms with Gasteiger partial charge < -0.3 is 10.8 Å². The summed E-state index contributed by atoms with van der Waals surface area (Å²) in [6, 6.07) is 3.52. The van der Waals surface area contributed by atoms with E-state index in [0.29, 0.717) is 5.02 Å². The van der Waals surface area contributed by atoms with Crippen molar-refractivity contribution < 1.29 is 5.11 Å². The van der Waals surface area contributed by atoms with Gasteiger partial charge in [0.2, 0.25) is 0 Å². The van der Waals surface area contributed by atoms with E-state index in [9.17, 15) is 5.11 Å². The fourth-order valence-electron chi connectivity index (χ4n) is 1.61. The Kier molecular flexibility index (Phi) is 2.20. The topological polar surface area (TPSA) is 46.2 Å². The van der Waals surface area contributed by atoms with E-state index in [2.05, 4.69) is 0 Å². The van der Waals surface area contributed by atoms with Crippen molar-refractivity contribution in [1.29, 1.82) is 0 Å². The highest BCUT2D eigenvalue weighted by atomic mass is 35.5.